The number of amides is 2. The minimum absolute atomic E-state index is 0.00120. The van der Waals surface area contributed by atoms with Gasteiger partial charge in [-0.2, -0.15) is 0 Å². The van der Waals surface area contributed by atoms with E-state index in [-0.39, 0.29) is 32.0 Å². The van der Waals surface area contributed by atoms with Crippen LogP contribution in [0.15, 0.2) is 48.5 Å². The minimum Gasteiger partial charge on any atom is -0.465 e. The molecule has 228 valence electrons. The number of aliphatic hydroxyl groups excluding tert-OH is 1. The number of carbonyl (C=O) groups excluding carboxylic acids is 2. The molecular formula is C33H45N3O6. The largest absolute Gasteiger partial charge is 0.465 e. The molecule has 3 N–H and O–H groups in total. The second-order valence-electron chi connectivity index (χ2n) is 13.2. The molecule has 0 spiro atoms. The second-order valence-corrected chi connectivity index (χ2v) is 13.2. The molecule has 42 heavy (non-hydrogen) atoms. The number of aliphatic hydroxyl groups is 1. The van der Waals surface area contributed by atoms with Crippen molar-refractivity contribution in [1.82, 2.24) is 10.2 Å². The molecule has 0 radical (unpaired) electrons. The molecule has 0 aromatic heterocycles. The van der Waals surface area contributed by atoms with Gasteiger partial charge in [0.1, 0.15) is 6.54 Å². The van der Waals surface area contributed by atoms with Gasteiger partial charge in [0.15, 0.2) is 6.29 Å². The number of likely N-dealkylation sites (tertiary alicyclic amines) is 1. The number of anilines is 1. The molecule has 2 amide bonds. The first-order chi connectivity index (χ1) is 20.0. The number of rotatable bonds is 9. The number of urea groups is 1. The van der Waals surface area contributed by atoms with E-state index >= 15 is 0 Å². The third kappa shape index (κ3) is 7.50. The molecular weight excluding hydrogens is 534 g/mol. The van der Waals surface area contributed by atoms with E-state index in [2.05, 4.69) is 36.3 Å². The van der Waals surface area contributed by atoms with Gasteiger partial charge in [-0.3, -0.25) is 9.69 Å². The average molecular weight is 580 g/mol. The number of carbonyl (C=O) groups is 2. The van der Waals surface area contributed by atoms with Crippen LogP contribution in [0, 0.1) is 10.8 Å². The van der Waals surface area contributed by atoms with E-state index in [4.69, 9.17) is 14.2 Å². The predicted octanol–water partition coefficient (Wildman–Crippen LogP) is 5.31. The van der Waals surface area contributed by atoms with Crippen LogP contribution in [0.1, 0.15) is 82.5 Å². The quantitative estimate of drug-likeness (QED) is 0.346. The van der Waals surface area contributed by atoms with Crippen molar-refractivity contribution < 1.29 is 28.9 Å². The molecule has 1 aliphatic carbocycles. The van der Waals surface area contributed by atoms with Gasteiger partial charge in [0.25, 0.3) is 0 Å². The fraction of sp³-hybridized carbons (Fsp3) is 0.576. The lowest BCUT2D eigenvalue weighted by molar-refractivity contribution is -0.253. The molecule has 2 bridgehead atoms. The Labute approximate surface area is 248 Å². The van der Waals surface area contributed by atoms with Crippen LogP contribution in [0.5, 0.6) is 0 Å². The fourth-order valence-corrected chi connectivity index (χ4v) is 7.39. The Morgan fingerprint density at radius 1 is 1.07 bits per heavy atom. The molecule has 5 atom stereocenters. The topological polar surface area (TPSA) is 109 Å². The maximum Gasteiger partial charge on any atom is 0.325 e. The third-order valence-electron chi connectivity index (χ3n) is 8.69. The number of ether oxygens (including phenoxy) is 3. The standard InChI is InChI=1S/C33H45N3O6/c1-5-40-29(38)17-34-31(39)35-25-8-6-7-24(13-25)30-41-27(14-28(42-30)23-11-9-22(19-37)10-12-23)18-36-21-33(4)16-26(36)15-32(2,3)20-33/h6-13,26-28,30,37H,5,14-21H2,1-4H3,(H2,34,35,39). The van der Waals surface area contributed by atoms with Gasteiger partial charge < -0.3 is 30.0 Å². The highest BCUT2D eigenvalue weighted by atomic mass is 16.7. The Morgan fingerprint density at radius 2 is 1.86 bits per heavy atom. The van der Waals surface area contributed by atoms with Gasteiger partial charge in [0.2, 0.25) is 0 Å². The Bertz CT molecular complexity index is 1250. The van der Waals surface area contributed by atoms with Gasteiger partial charge in [0.05, 0.1) is 25.4 Å². The maximum atomic E-state index is 12.4. The minimum atomic E-state index is -0.621. The van der Waals surface area contributed by atoms with Gasteiger partial charge in [0, 0.05) is 36.8 Å². The van der Waals surface area contributed by atoms with Gasteiger partial charge in [-0.25, -0.2) is 4.79 Å². The van der Waals surface area contributed by atoms with Gasteiger partial charge in [-0.1, -0.05) is 57.2 Å². The van der Waals surface area contributed by atoms with E-state index in [0.29, 0.717) is 22.6 Å². The van der Waals surface area contributed by atoms with Gasteiger partial charge >= 0.3 is 12.0 Å². The fourth-order valence-electron chi connectivity index (χ4n) is 7.39. The summed E-state index contributed by atoms with van der Waals surface area (Å²) in [7, 11) is 0. The summed E-state index contributed by atoms with van der Waals surface area (Å²) < 4.78 is 18.0. The molecule has 2 aliphatic heterocycles. The highest BCUT2D eigenvalue weighted by molar-refractivity contribution is 5.91. The molecule has 2 saturated heterocycles. The van der Waals surface area contributed by atoms with Crippen molar-refractivity contribution in [2.24, 2.45) is 10.8 Å². The lowest BCUT2D eigenvalue weighted by Crippen LogP contribution is -2.42. The van der Waals surface area contributed by atoms with Crippen molar-refractivity contribution >= 4 is 17.7 Å². The average Bonchev–Trinajstić information content (AvgIpc) is 3.19. The molecule has 2 aromatic rings. The van der Waals surface area contributed by atoms with E-state index in [1.54, 1.807) is 13.0 Å². The molecule has 5 unspecified atom stereocenters. The van der Waals surface area contributed by atoms with E-state index < -0.39 is 18.3 Å². The third-order valence-corrected chi connectivity index (χ3v) is 8.69. The van der Waals surface area contributed by atoms with Crippen LogP contribution >= 0.6 is 0 Å². The first kappa shape index (κ1) is 30.5. The molecule has 9 nitrogen and oxygen atoms in total. The summed E-state index contributed by atoms with van der Waals surface area (Å²) in [6.45, 7) is 10.9. The van der Waals surface area contributed by atoms with E-state index in [1.807, 2.05) is 42.5 Å². The van der Waals surface area contributed by atoms with Crippen molar-refractivity contribution in [2.75, 3.05) is 31.6 Å². The Balaban J connectivity index is 1.32. The molecule has 2 aromatic carbocycles. The summed E-state index contributed by atoms with van der Waals surface area (Å²) >= 11 is 0. The zero-order valence-corrected chi connectivity index (χ0v) is 25.2. The highest BCUT2D eigenvalue weighted by Crippen LogP contribution is 2.53. The van der Waals surface area contributed by atoms with E-state index in [9.17, 15) is 14.7 Å². The predicted molar refractivity (Wildman–Crippen MR) is 160 cm³/mol. The van der Waals surface area contributed by atoms with Crippen LogP contribution in [0.25, 0.3) is 0 Å². The van der Waals surface area contributed by atoms with Crippen molar-refractivity contribution in [3.63, 3.8) is 0 Å². The second kappa shape index (κ2) is 12.7. The van der Waals surface area contributed by atoms with Crippen LogP contribution in [0.3, 0.4) is 0 Å². The molecule has 5 rings (SSSR count). The van der Waals surface area contributed by atoms with Crippen molar-refractivity contribution in [2.45, 2.75) is 84.5 Å². The zero-order chi connectivity index (χ0) is 29.9. The molecule has 1 saturated carbocycles. The maximum absolute atomic E-state index is 12.4. The van der Waals surface area contributed by atoms with Crippen LogP contribution < -0.4 is 10.6 Å². The van der Waals surface area contributed by atoms with E-state index in [0.717, 1.165) is 36.2 Å². The summed E-state index contributed by atoms with van der Waals surface area (Å²) in [6, 6.07) is 15.4. The number of nitrogens with one attached hydrogen (secondary N) is 2. The summed E-state index contributed by atoms with van der Waals surface area (Å²) in [5.74, 6) is -0.492. The Kier molecular flexibility index (Phi) is 9.23. The first-order valence-corrected chi connectivity index (χ1v) is 15.1. The van der Waals surface area contributed by atoms with Crippen LogP contribution in [0.4, 0.5) is 10.5 Å². The molecule has 3 fully saturated rings. The Hall–Kier alpha value is -2.98. The van der Waals surface area contributed by atoms with Crippen LogP contribution in [0.2, 0.25) is 0 Å². The number of hydrogen-bond acceptors (Lipinski definition) is 7. The van der Waals surface area contributed by atoms with Crippen molar-refractivity contribution in [1.29, 1.82) is 0 Å². The number of esters is 1. The van der Waals surface area contributed by atoms with Crippen molar-refractivity contribution in [3.8, 4) is 0 Å². The normalized spacial score (nSPS) is 28.7. The lowest BCUT2D eigenvalue weighted by Gasteiger charge is -2.41. The lowest BCUT2D eigenvalue weighted by atomic mass is 9.65. The monoisotopic (exact) mass is 579 g/mol. The first-order valence-electron chi connectivity index (χ1n) is 15.1. The highest BCUT2D eigenvalue weighted by Gasteiger charge is 2.50. The number of benzene rings is 2. The van der Waals surface area contributed by atoms with Gasteiger partial charge in [-0.15, -0.1) is 0 Å². The number of nitrogens with zero attached hydrogens (tertiary/aromatic N) is 1. The van der Waals surface area contributed by atoms with E-state index in [1.165, 1.54) is 19.3 Å². The summed E-state index contributed by atoms with van der Waals surface area (Å²) in [5, 5.41) is 14.8. The summed E-state index contributed by atoms with van der Waals surface area (Å²) in [4.78, 5) is 26.6. The number of hydrogen-bond donors (Lipinski definition) is 3. The Morgan fingerprint density at radius 3 is 2.60 bits per heavy atom. The summed E-state index contributed by atoms with van der Waals surface area (Å²) in [5.41, 5.74) is 3.96. The smallest absolute Gasteiger partial charge is 0.325 e. The number of fused-ring (bicyclic) bond motifs is 2. The van der Waals surface area contributed by atoms with Gasteiger partial charge in [-0.05, 0) is 60.3 Å². The molecule has 3 aliphatic rings. The van der Waals surface area contributed by atoms with Crippen molar-refractivity contribution in [3.05, 3.63) is 65.2 Å². The van der Waals surface area contributed by atoms with Crippen LogP contribution in [-0.4, -0.2) is 60.4 Å². The summed E-state index contributed by atoms with van der Waals surface area (Å²) in [6.07, 6.45) is 3.57. The van der Waals surface area contributed by atoms with Crippen LogP contribution in [-0.2, 0) is 25.6 Å². The molecule has 9 heteroatoms. The SMILES string of the molecule is CCOC(=O)CNC(=O)Nc1cccc(C2OC(CN3CC4(C)CC3CC(C)(C)C4)CC(c3ccc(CO)cc3)O2)c1. The molecule has 2 heterocycles. The zero-order valence-electron chi connectivity index (χ0n) is 25.2.